The van der Waals surface area contributed by atoms with Crippen LogP contribution < -0.4 is 5.06 Å². The third kappa shape index (κ3) is 2.71. The second-order valence-electron chi connectivity index (χ2n) is 5.82. The molecule has 124 valence electrons. The maximum Gasteiger partial charge on any atom is 0.261 e. The minimum absolute atomic E-state index is 0.0308. The molecule has 1 aromatic carbocycles. The van der Waals surface area contributed by atoms with Gasteiger partial charge in [0.05, 0.1) is 17.1 Å². The summed E-state index contributed by atoms with van der Waals surface area (Å²) in [5.41, 5.74) is 0.754. The van der Waals surface area contributed by atoms with Gasteiger partial charge in [-0.05, 0) is 25.0 Å². The maximum absolute atomic E-state index is 12.5. The Kier molecular flexibility index (Phi) is 4.57. The van der Waals surface area contributed by atoms with Gasteiger partial charge in [0.15, 0.2) is 6.10 Å². The van der Waals surface area contributed by atoms with E-state index >= 15 is 0 Å². The van der Waals surface area contributed by atoms with Crippen molar-refractivity contribution in [1.29, 1.82) is 0 Å². The molecular formula is C16H19ClN2O4. The first-order valence-corrected chi connectivity index (χ1v) is 8.07. The zero-order valence-electron chi connectivity index (χ0n) is 12.8. The lowest BCUT2D eigenvalue weighted by atomic mass is 9.92. The van der Waals surface area contributed by atoms with Crippen molar-refractivity contribution in [2.24, 2.45) is 5.92 Å². The van der Waals surface area contributed by atoms with E-state index in [0.717, 1.165) is 10.6 Å². The Morgan fingerprint density at radius 2 is 1.96 bits per heavy atom. The van der Waals surface area contributed by atoms with Crippen LogP contribution in [0.1, 0.15) is 12.8 Å². The molecule has 1 aromatic rings. The summed E-state index contributed by atoms with van der Waals surface area (Å²) in [7, 11) is 1.47. The van der Waals surface area contributed by atoms with Gasteiger partial charge in [0.2, 0.25) is 5.91 Å². The summed E-state index contributed by atoms with van der Waals surface area (Å²) >= 11 is 6.52. The van der Waals surface area contributed by atoms with Crippen molar-refractivity contribution < 1.29 is 19.5 Å². The van der Waals surface area contributed by atoms with Crippen molar-refractivity contribution in [1.82, 2.24) is 4.90 Å². The lowest BCUT2D eigenvalue weighted by Crippen LogP contribution is -2.44. The molecule has 0 spiro atoms. The summed E-state index contributed by atoms with van der Waals surface area (Å²) < 4.78 is 0. The number of amides is 2. The minimum atomic E-state index is -0.826. The molecule has 0 bridgehead atoms. The van der Waals surface area contributed by atoms with Gasteiger partial charge in [-0.3, -0.25) is 19.3 Å². The predicted molar refractivity (Wildman–Crippen MR) is 84.8 cm³/mol. The zero-order valence-corrected chi connectivity index (χ0v) is 13.5. The van der Waals surface area contributed by atoms with Crippen molar-refractivity contribution >= 4 is 29.1 Å². The van der Waals surface area contributed by atoms with Crippen molar-refractivity contribution in [2.45, 2.75) is 30.4 Å². The van der Waals surface area contributed by atoms with Crippen LogP contribution in [0.5, 0.6) is 0 Å². The Labute approximate surface area is 139 Å². The van der Waals surface area contributed by atoms with E-state index in [1.807, 2.05) is 30.3 Å². The molecule has 3 rings (SSSR count). The maximum atomic E-state index is 12.5. The number of anilines is 1. The van der Waals surface area contributed by atoms with Crippen LogP contribution in [0.2, 0.25) is 0 Å². The average molecular weight is 339 g/mol. The quantitative estimate of drug-likeness (QED) is 0.644. The number of carbonyl (C=O) groups is 2. The summed E-state index contributed by atoms with van der Waals surface area (Å²) in [6.07, 6.45) is 0.236. The highest BCUT2D eigenvalue weighted by molar-refractivity contribution is 6.22. The number of carbonyl (C=O) groups excluding carboxylic acids is 2. The fourth-order valence-corrected chi connectivity index (χ4v) is 3.63. The van der Waals surface area contributed by atoms with Gasteiger partial charge in [0, 0.05) is 13.7 Å². The summed E-state index contributed by atoms with van der Waals surface area (Å²) in [6.45, 7) is 0.0308. The second kappa shape index (κ2) is 6.47. The molecule has 2 saturated heterocycles. The van der Waals surface area contributed by atoms with E-state index in [1.165, 1.54) is 7.05 Å². The summed E-state index contributed by atoms with van der Waals surface area (Å²) in [6, 6.07) is 8.85. The number of fused-ring (bicyclic) bond motifs is 1. The highest BCUT2D eigenvalue weighted by atomic mass is 35.5. The molecule has 2 aliphatic rings. The molecule has 0 radical (unpaired) electrons. The number of halogens is 1. The summed E-state index contributed by atoms with van der Waals surface area (Å²) in [4.78, 5) is 31.6. The number of rotatable bonds is 5. The Morgan fingerprint density at radius 3 is 2.61 bits per heavy atom. The summed E-state index contributed by atoms with van der Waals surface area (Å²) in [5.74, 6) is -1.22. The Hall–Kier alpha value is -1.63. The first-order valence-electron chi connectivity index (χ1n) is 7.63. The van der Waals surface area contributed by atoms with Crippen molar-refractivity contribution in [2.75, 3.05) is 18.7 Å². The highest BCUT2D eigenvalue weighted by Crippen LogP contribution is 2.41. The molecule has 0 saturated carbocycles. The van der Waals surface area contributed by atoms with Crippen LogP contribution in [-0.4, -0.2) is 53.0 Å². The van der Waals surface area contributed by atoms with Crippen molar-refractivity contribution in [3.63, 3.8) is 0 Å². The van der Waals surface area contributed by atoms with E-state index in [2.05, 4.69) is 0 Å². The molecule has 6 nitrogen and oxygen atoms in total. The summed E-state index contributed by atoms with van der Waals surface area (Å²) in [5, 5.41) is 10.2. The Balaban J connectivity index is 1.94. The fourth-order valence-electron chi connectivity index (χ4n) is 3.22. The standard InChI is InChI=1S/C16H19ClN2O4/c1-18-15(21)12-13(11(17)8-5-9-20)19(23-14(12)16(18)22)10-6-3-2-4-7-10/h2-4,6-7,11-14,20H,5,8-9H2,1H3/t11?,12-,13+,14+/m0/s1. The highest BCUT2D eigenvalue weighted by Gasteiger charge is 2.59. The second-order valence-corrected chi connectivity index (χ2v) is 6.38. The topological polar surface area (TPSA) is 70.1 Å². The van der Waals surface area contributed by atoms with Gasteiger partial charge in [-0.15, -0.1) is 11.6 Å². The third-order valence-corrected chi connectivity index (χ3v) is 4.88. The number of alkyl halides is 1. The zero-order chi connectivity index (χ0) is 16.6. The van der Waals surface area contributed by atoms with Gasteiger partial charge in [0.1, 0.15) is 5.92 Å². The first kappa shape index (κ1) is 16.2. The molecule has 0 aromatic heterocycles. The molecule has 23 heavy (non-hydrogen) atoms. The van der Waals surface area contributed by atoms with Gasteiger partial charge in [-0.2, -0.15) is 0 Å². The normalized spacial score (nSPS) is 28.4. The Morgan fingerprint density at radius 1 is 1.26 bits per heavy atom. The van der Waals surface area contributed by atoms with Crippen LogP contribution in [0.25, 0.3) is 0 Å². The van der Waals surface area contributed by atoms with Gasteiger partial charge in [0.25, 0.3) is 5.91 Å². The number of hydroxylamine groups is 1. The molecule has 2 heterocycles. The number of aliphatic hydroxyl groups excluding tert-OH is 1. The number of likely N-dealkylation sites (tertiary alicyclic amines) is 1. The van der Waals surface area contributed by atoms with Crippen LogP contribution in [0.15, 0.2) is 30.3 Å². The van der Waals surface area contributed by atoms with Crippen LogP contribution in [0.4, 0.5) is 5.69 Å². The van der Waals surface area contributed by atoms with E-state index in [4.69, 9.17) is 21.5 Å². The third-order valence-electron chi connectivity index (χ3n) is 4.40. The number of nitrogens with zero attached hydrogens (tertiary/aromatic N) is 2. The lowest BCUT2D eigenvalue weighted by molar-refractivity contribution is -0.141. The van der Waals surface area contributed by atoms with Gasteiger partial charge < -0.3 is 5.11 Å². The number of aliphatic hydroxyl groups is 1. The van der Waals surface area contributed by atoms with E-state index in [0.29, 0.717) is 12.8 Å². The van der Waals surface area contributed by atoms with Crippen LogP contribution in [0.3, 0.4) is 0 Å². The molecule has 2 aliphatic heterocycles. The lowest BCUT2D eigenvalue weighted by Gasteiger charge is -2.30. The number of benzene rings is 1. The van der Waals surface area contributed by atoms with Gasteiger partial charge >= 0.3 is 0 Å². The first-order chi connectivity index (χ1) is 11.1. The molecule has 2 fully saturated rings. The number of imide groups is 1. The number of likely N-dealkylation sites (N-methyl/N-ethyl adjacent to an activating group) is 1. The Bertz CT molecular complexity index is 597. The van der Waals surface area contributed by atoms with E-state index in [9.17, 15) is 9.59 Å². The fraction of sp³-hybridized carbons (Fsp3) is 0.500. The molecular weight excluding hydrogens is 320 g/mol. The van der Waals surface area contributed by atoms with E-state index in [1.54, 1.807) is 5.06 Å². The van der Waals surface area contributed by atoms with Crippen LogP contribution in [-0.2, 0) is 14.4 Å². The molecule has 7 heteroatoms. The molecule has 2 amide bonds. The predicted octanol–water partition coefficient (Wildman–Crippen LogP) is 1.17. The average Bonchev–Trinajstić information content (AvgIpc) is 3.06. The number of hydrogen-bond acceptors (Lipinski definition) is 5. The molecule has 1 N–H and O–H groups in total. The molecule has 1 unspecified atom stereocenters. The minimum Gasteiger partial charge on any atom is -0.396 e. The van der Waals surface area contributed by atoms with Gasteiger partial charge in [-0.1, -0.05) is 18.2 Å². The van der Waals surface area contributed by atoms with Crippen LogP contribution >= 0.6 is 11.6 Å². The largest absolute Gasteiger partial charge is 0.396 e. The smallest absolute Gasteiger partial charge is 0.261 e. The SMILES string of the molecule is CN1C(=O)[C@H]2[C@@H](C(Cl)CCCO)N(c3ccccc3)O[C@H]2C1=O. The van der Waals surface area contributed by atoms with Gasteiger partial charge in [-0.25, -0.2) is 5.06 Å². The van der Waals surface area contributed by atoms with E-state index in [-0.39, 0.29) is 18.4 Å². The monoisotopic (exact) mass is 338 g/mol. The number of hydrogen-bond donors (Lipinski definition) is 1. The molecule has 0 aliphatic carbocycles. The number of para-hydroxylation sites is 1. The molecule has 4 atom stereocenters. The van der Waals surface area contributed by atoms with E-state index < -0.39 is 23.4 Å². The van der Waals surface area contributed by atoms with Crippen molar-refractivity contribution in [3.8, 4) is 0 Å². The van der Waals surface area contributed by atoms with Crippen molar-refractivity contribution in [3.05, 3.63) is 30.3 Å². The van der Waals surface area contributed by atoms with Crippen LogP contribution in [0, 0.1) is 5.92 Å².